The summed E-state index contributed by atoms with van der Waals surface area (Å²) in [5.41, 5.74) is 7.15. The summed E-state index contributed by atoms with van der Waals surface area (Å²) in [7, 11) is 0. The Morgan fingerprint density at radius 2 is 2.04 bits per heavy atom. The zero-order valence-corrected chi connectivity index (χ0v) is 15.0. The Balaban J connectivity index is 0.00000182. The van der Waals surface area contributed by atoms with E-state index in [1.165, 1.54) is 0 Å². The van der Waals surface area contributed by atoms with E-state index in [0.29, 0.717) is 30.6 Å². The lowest BCUT2D eigenvalue weighted by Gasteiger charge is -2.18. The summed E-state index contributed by atoms with van der Waals surface area (Å²) in [5, 5.41) is 0. The van der Waals surface area contributed by atoms with E-state index in [0.717, 1.165) is 37.3 Å². The van der Waals surface area contributed by atoms with Crippen molar-refractivity contribution in [2.75, 3.05) is 13.1 Å². The second-order valence-electron chi connectivity index (χ2n) is 6.95. The minimum atomic E-state index is 0. The lowest BCUT2D eigenvalue weighted by Crippen LogP contribution is -2.33. The summed E-state index contributed by atoms with van der Waals surface area (Å²) < 4.78 is 5.77. The van der Waals surface area contributed by atoms with Crippen molar-refractivity contribution < 1.29 is 9.21 Å². The van der Waals surface area contributed by atoms with Gasteiger partial charge in [-0.2, -0.15) is 0 Å². The van der Waals surface area contributed by atoms with E-state index >= 15 is 0 Å². The predicted octanol–water partition coefficient (Wildman–Crippen LogP) is 2.89. The van der Waals surface area contributed by atoms with Crippen molar-refractivity contribution in [3.05, 3.63) is 42.4 Å². The Labute approximate surface area is 154 Å². The molecule has 1 aromatic heterocycles. The normalized spacial score (nSPS) is 24.8. The van der Waals surface area contributed by atoms with E-state index in [1.807, 2.05) is 35.2 Å². The van der Waals surface area contributed by atoms with Crippen LogP contribution < -0.4 is 5.73 Å². The van der Waals surface area contributed by atoms with Gasteiger partial charge in [0.1, 0.15) is 0 Å². The highest BCUT2D eigenvalue weighted by Gasteiger charge is 2.42. The van der Waals surface area contributed by atoms with Crippen LogP contribution in [-0.4, -0.2) is 34.9 Å². The van der Waals surface area contributed by atoms with Gasteiger partial charge in [-0.25, -0.2) is 4.98 Å². The number of hydrogen-bond acceptors (Lipinski definition) is 4. The van der Waals surface area contributed by atoms with E-state index in [4.69, 9.17) is 10.2 Å². The van der Waals surface area contributed by atoms with Crippen molar-refractivity contribution in [2.45, 2.75) is 31.7 Å². The maximum atomic E-state index is 12.4. The van der Waals surface area contributed by atoms with Gasteiger partial charge in [0.05, 0.1) is 6.20 Å². The molecule has 1 amide bonds. The van der Waals surface area contributed by atoms with Gasteiger partial charge >= 0.3 is 0 Å². The maximum Gasteiger partial charge on any atom is 0.223 e. The number of likely N-dealkylation sites (tertiary alicyclic amines) is 1. The third-order valence-electron chi connectivity index (χ3n) is 5.43. The fraction of sp³-hybridized carbons (Fsp3) is 0.474. The molecule has 1 saturated heterocycles. The number of fused-ring (bicyclic) bond motifs is 1. The largest absolute Gasteiger partial charge is 0.441 e. The van der Waals surface area contributed by atoms with Crippen molar-refractivity contribution in [1.29, 1.82) is 0 Å². The van der Waals surface area contributed by atoms with Gasteiger partial charge in [0.15, 0.2) is 11.7 Å². The number of aromatic nitrogens is 1. The quantitative estimate of drug-likeness (QED) is 0.908. The molecule has 0 spiro atoms. The zero-order chi connectivity index (χ0) is 16.5. The summed E-state index contributed by atoms with van der Waals surface area (Å²) in [5.74, 6) is 2.67. The molecule has 1 saturated carbocycles. The fourth-order valence-electron chi connectivity index (χ4n) is 4.04. The number of amides is 1. The number of carbonyl (C=O) groups excluding carboxylic acids is 1. The SMILES string of the molecule is Cl.NC1CCC2CN(C(=O)CCc3ncc(-c4ccccc4)o3)CC12. The highest BCUT2D eigenvalue weighted by molar-refractivity contribution is 5.85. The molecule has 1 aliphatic carbocycles. The predicted molar refractivity (Wildman–Crippen MR) is 98.3 cm³/mol. The molecule has 3 unspecified atom stereocenters. The maximum absolute atomic E-state index is 12.4. The highest BCUT2D eigenvalue weighted by atomic mass is 35.5. The monoisotopic (exact) mass is 361 g/mol. The molecule has 1 aromatic carbocycles. The zero-order valence-electron chi connectivity index (χ0n) is 14.1. The highest BCUT2D eigenvalue weighted by Crippen LogP contribution is 2.37. The molecule has 4 rings (SSSR count). The molecule has 2 aromatic rings. The molecule has 25 heavy (non-hydrogen) atoms. The summed E-state index contributed by atoms with van der Waals surface area (Å²) in [6.45, 7) is 1.70. The van der Waals surface area contributed by atoms with Gasteiger partial charge in [-0.1, -0.05) is 30.3 Å². The van der Waals surface area contributed by atoms with Crippen molar-refractivity contribution in [3.8, 4) is 11.3 Å². The van der Waals surface area contributed by atoms with Crippen LogP contribution in [0.1, 0.15) is 25.2 Å². The number of benzene rings is 1. The van der Waals surface area contributed by atoms with Crippen LogP contribution in [0.25, 0.3) is 11.3 Å². The molecular weight excluding hydrogens is 338 g/mol. The summed E-state index contributed by atoms with van der Waals surface area (Å²) >= 11 is 0. The number of rotatable bonds is 4. The van der Waals surface area contributed by atoms with E-state index in [1.54, 1.807) is 6.20 Å². The Kier molecular flexibility index (Phi) is 5.45. The third kappa shape index (κ3) is 3.72. The number of carbonyl (C=O) groups is 1. The Hall–Kier alpha value is -1.85. The minimum absolute atomic E-state index is 0. The molecule has 0 radical (unpaired) electrons. The number of halogens is 1. The van der Waals surface area contributed by atoms with Gasteiger partial charge in [0, 0.05) is 37.5 Å². The first kappa shape index (κ1) is 18.0. The fourth-order valence-corrected chi connectivity index (χ4v) is 4.04. The first-order valence-electron chi connectivity index (χ1n) is 8.74. The Bertz CT molecular complexity index is 718. The third-order valence-corrected chi connectivity index (χ3v) is 5.43. The van der Waals surface area contributed by atoms with Crippen LogP contribution in [-0.2, 0) is 11.2 Å². The number of nitrogens with two attached hydrogens (primary N) is 1. The summed E-state index contributed by atoms with van der Waals surface area (Å²) in [6, 6.07) is 10.2. The van der Waals surface area contributed by atoms with E-state index in [9.17, 15) is 4.79 Å². The first-order chi connectivity index (χ1) is 11.7. The molecule has 0 bridgehead atoms. The van der Waals surface area contributed by atoms with Crippen LogP contribution in [0, 0.1) is 11.8 Å². The second-order valence-corrected chi connectivity index (χ2v) is 6.95. The van der Waals surface area contributed by atoms with Crippen LogP contribution >= 0.6 is 12.4 Å². The lowest BCUT2D eigenvalue weighted by molar-refractivity contribution is -0.130. The van der Waals surface area contributed by atoms with E-state index in [-0.39, 0.29) is 24.4 Å². The molecule has 2 N–H and O–H groups in total. The standard InChI is InChI=1S/C19H23N3O2.ClH/c20-16-7-6-14-11-22(12-15(14)16)19(23)9-8-18-21-10-17(24-18)13-4-2-1-3-5-13;/h1-5,10,14-16H,6-9,11-12,20H2;1H. The Morgan fingerprint density at radius 1 is 1.24 bits per heavy atom. The molecule has 6 heteroatoms. The molecular formula is C19H24ClN3O2. The smallest absolute Gasteiger partial charge is 0.223 e. The molecule has 2 fully saturated rings. The molecule has 5 nitrogen and oxygen atoms in total. The van der Waals surface area contributed by atoms with Gasteiger partial charge in [0.25, 0.3) is 0 Å². The Morgan fingerprint density at radius 3 is 2.80 bits per heavy atom. The number of aryl methyl sites for hydroxylation is 1. The van der Waals surface area contributed by atoms with Crippen LogP contribution in [0.5, 0.6) is 0 Å². The van der Waals surface area contributed by atoms with E-state index in [2.05, 4.69) is 4.98 Å². The van der Waals surface area contributed by atoms with Gasteiger partial charge in [-0.15, -0.1) is 12.4 Å². The summed E-state index contributed by atoms with van der Waals surface area (Å²) in [4.78, 5) is 18.7. The van der Waals surface area contributed by atoms with E-state index < -0.39 is 0 Å². The van der Waals surface area contributed by atoms with Crippen molar-refractivity contribution in [1.82, 2.24) is 9.88 Å². The van der Waals surface area contributed by atoms with Crippen LogP contribution in [0.4, 0.5) is 0 Å². The van der Waals surface area contributed by atoms with Crippen LogP contribution in [0.3, 0.4) is 0 Å². The van der Waals surface area contributed by atoms with Crippen molar-refractivity contribution in [3.63, 3.8) is 0 Å². The first-order valence-corrected chi connectivity index (χ1v) is 8.74. The second kappa shape index (κ2) is 7.58. The molecule has 1 aliphatic heterocycles. The van der Waals surface area contributed by atoms with Crippen molar-refractivity contribution >= 4 is 18.3 Å². The topological polar surface area (TPSA) is 72.4 Å². The van der Waals surface area contributed by atoms with Crippen LogP contribution in [0.2, 0.25) is 0 Å². The summed E-state index contributed by atoms with van der Waals surface area (Å²) in [6.07, 6.45) is 4.99. The minimum Gasteiger partial charge on any atom is -0.441 e. The van der Waals surface area contributed by atoms with Crippen LogP contribution in [0.15, 0.2) is 40.9 Å². The number of nitrogens with zero attached hydrogens (tertiary/aromatic N) is 2. The molecule has 2 heterocycles. The average molecular weight is 362 g/mol. The molecule has 2 aliphatic rings. The van der Waals surface area contributed by atoms with Gasteiger partial charge < -0.3 is 15.1 Å². The van der Waals surface area contributed by atoms with Gasteiger partial charge in [0.2, 0.25) is 5.91 Å². The number of oxazole rings is 1. The molecule has 3 atom stereocenters. The average Bonchev–Trinajstić information content (AvgIpc) is 3.31. The van der Waals surface area contributed by atoms with Crippen molar-refractivity contribution in [2.24, 2.45) is 17.6 Å². The van der Waals surface area contributed by atoms with Gasteiger partial charge in [-0.3, -0.25) is 4.79 Å². The number of hydrogen-bond donors (Lipinski definition) is 1. The molecule has 134 valence electrons. The lowest BCUT2D eigenvalue weighted by atomic mass is 9.98. The van der Waals surface area contributed by atoms with Gasteiger partial charge in [-0.05, 0) is 24.7 Å².